The third-order valence-corrected chi connectivity index (χ3v) is 4.46. The zero-order valence-corrected chi connectivity index (χ0v) is 13.5. The Morgan fingerprint density at radius 3 is 2.71 bits per heavy atom. The van der Waals surface area contributed by atoms with Crippen molar-refractivity contribution in [2.45, 2.75) is 25.7 Å². The van der Waals surface area contributed by atoms with Crippen LogP contribution in [0.2, 0.25) is 0 Å². The fraction of sp³-hybridized carbons (Fsp3) is 0.389. The number of likely N-dealkylation sites (tertiary alicyclic amines) is 1. The molecule has 2 heterocycles. The van der Waals surface area contributed by atoms with Gasteiger partial charge in [-0.05, 0) is 55.5 Å². The summed E-state index contributed by atoms with van der Waals surface area (Å²) in [6, 6.07) is 9.25. The molecule has 1 atom stereocenters. The van der Waals surface area contributed by atoms with Crippen LogP contribution >= 0.6 is 0 Å². The Balaban J connectivity index is 1.64. The Hall–Kier alpha value is -2.63. The van der Waals surface area contributed by atoms with E-state index < -0.39 is 5.97 Å². The summed E-state index contributed by atoms with van der Waals surface area (Å²) in [5.74, 6) is -0.475. The summed E-state index contributed by atoms with van der Waals surface area (Å²) in [6.07, 6.45) is 6.30. The van der Waals surface area contributed by atoms with Gasteiger partial charge in [-0.2, -0.15) is 5.10 Å². The minimum Gasteiger partial charge on any atom is -0.481 e. The van der Waals surface area contributed by atoms with Crippen molar-refractivity contribution >= 4 is 11.9 Å². The molecule has 24 heavy (non-hydrogen) atoms. The molecular weight excluding hydrogens is 306 g/mol. The molecule has 0 spiro atoms. The molecule has 1 amide bonds. The second-order valence-corrected chi connectivity index (χ2v) is 6.19. The van der Waals surface area contributed by atoms with Crippen molar-refractivity contribution in [3.05, 3.63) is 48.3 Å². The highest BCUT2D eigenvalue weighted by molar-refractivity contribution is 5.94. The topological polar surface area (TPSA) is 75.4 Å². The van der Waals surface area contributed by atoms with Crippen molar-refractivity contribution in [1.29, 1.82) is 0 Å². The predicted molar refractivity (Wildman–Crippen MR) is 89.1 cm³/mol. The molecule has 0 radical (unpaired) electrons. The van der Waals surface area contributed by atoms with E-state index >= 15 is 0 Å². The fourth-order valence-corrected chi connectivity index (χ4v) is 3.17. The van der Waals surface area contributed by atoms with Gasteiger partial charge in [0.15, 0.2) is 0 Å². The van der Waals surface area contributed by atoms with Crippen molar-refractivity contribution in [1.82, 2.24) is 14.7 Å². The lowest BCUT2D eigenvalue weighted by Crippen LogP contribution is -2.40. The molecule has 0 aliphatic carbocycles. The van der Waals surface area contributed by atoms with Gasteiger partial charge in [-0.1, -0.05) is 0 Å². The molecule has 1 aliphatic rings. The molecule has 3 rings (SSSR count). The van der Waals surface area contributed by atoms with Gasteiger partial charge < -0.3 is 10.0 Å². The average molecular weight is 327 g/mol. The van der Waals surface area contributed by atoms with Gasteiger partial charge in [0.1, 0.15) is 0 Å². The Morgan fingerprint density at radius 1 is 1.25 bits per heavy atom. The van der Waals surface area contributed by atoms with E-state index in [0.29, 0.717) is 18.5 Å². The molecule has 126 valence electrons. The molecule has 1 aromatic heterocycles. The standard InChI is InChI=1S/C18H21N3O3/c22-17(23)9-4-14-3-1-11-20(13-14)18(24)15-5-7-16(8-6-15)21-12-2-10-19-21/h2,5-8,10,12,14H,1,3-4,9,11,13H2,(H,22,23). The Bertz CT molecular complexity index is 695. The van der Waals surface area contributed by atoms with E-state index in [-0.39, 0.29) is 18.2 Å². The number of hydrogen-bond acceptors (Lipinski definition) is 3. The number of hydrogen-bond donors (Lipinski definition) is 1. The zero-order valence-electron chi connectivity index (χ0n) is 13.5. The summed E-state index contributed by atoms with van der Waals surface area (Å²) in [4.78, 5) is 25.2. The van der Waals surface area contributed by atoms with Crippen molar-refractivity contribution in [3.63, 3.8) is 0 Å². The molecule has 1 aliphatic heterocycles. The Labute approximate surface area is 140 Å². The molecule has 1 aromatic carbocycles. The van der Waals surface area contributed by atoms with E-state index in [1.807, 2.05) is 41.4 Å². The van der Waals surface area contributed by atoms with Gasteiger partial charge in [0.05, 0.1) is 5.69 Å². The maximum absolute atomic E-state index is 12.7. The lowest BCUT2D eigenvalue weighted by atomic mass is 9.93. The van der Waals surface area contributed by atoms with E-state index in [1.165, 1.54) is 0 Å². The average Bonchev–Trinajstić information content (AvgIpc) is 3.14. The predicted octanol–water partition coefficient (Wildman–Crippen LogP) is 2.59. The Morgan fingerprint density at radius 2 is 2.04 bits per heavy atom. The van der Waals surface area contributed by atoms with Crippen LogP contribution in [0.5, 0.6) is 0 Å². The molecular formula is C18H21N3O3. The van der Waals surface area contributed by atoms with E-state index in [4.69, 9.17) is 5.11 Å². The minimum absolute atomic E-state index is 0.0158. The molecule has 6 heteroatoms. The summed E-state index contributed by atoms with van der Waals surface area (Å²) >= 11 is 0. The summed E-state index contributed by atoms with van der Waals surface area (Å²) in [5, 5.41) is 13.0. The quantitative estimate of drug-likeness (QED) is 0.916. The van der Waals surface area contributed by atoms with Gasteiger partial charge in [-0.3, -0.25) is 9.59 Å². The Kier molecular flexibility index (Phi) is 4.93. The largest absolute Gasteiger partial charge is 0.481 e. The summed E-state index contributed by atoms with van der Waals surface area (Å²) in [7, 11) is 0. The molecule has 1 unspecified atom stereocenters. The number of aromatic nitrogens is 2. The lowest BCUT2D eigenvalue weighted by Gasteiger charge is -2.32. The number of rotatable bonds is 5. The van der Waals surface area contributed by atoms with Gasteiger partial charge in [0, 0.05) is 37.5 Å². The van der Waals surface area contributed by atoms with Gasteiger partial charge in [0.2, 0.25) is 0 Å². The van der Waals surface area contributed by atoms with Crippen molar-refractivity contribution in [2.75, 3.05) is 13.1 Å². The zero-order chi connectivity index (χ0) is 16.9. The number of carbonyl (C=O) groups excluding carboxylic acids is 1. The lowest BCUT2D eigenvalue weighted by molar-refractivity contribution is -0.137. The molecule has 1 fully saturated rings. The summed E-state index contributed by atoms with van der Waals surface area (Å²) in [6.45, 7) is 1.39. The van der Waals surface area contributed by atoms with Crippen LogP contribution in [0.4, 0.5) is 0 Å². The number of carboxylic acid groups (broad SMARTS) is 1. The molecule has 2 aromatic rings. The van der Waals surface area contributed by atoms with Gasteiger partial charge >= 0.3 is 5.97 Å². The van der Waals surface area contributed by atoms with Crippen LogP contribution in [0.1, 0.15) is 36.0 Å². The summed E-state index contributed by atoms with van der Waals surface area (Å²) in [5.41, 5.74) is 1.57. The number of aliphatic carboxylic acids is 1. The molecule has 0 bridgehead atoms. The van der Waals surface area contributed by atoms with Crippen LogP contribution in [0, 0.1) is 5.92 Å². The van der Waals surface area contributed by atoms with Crippen LogP contribution in [0.15, 0.2) is 42.7 Å². The summed E-state index contributed by atoms with van der Waals surface area (Å²) < 4.78 is 1.75. The smallest absolute Gasteiger partial charge is 0.303 e. The third kappa shape index (κ3) is 3.82. The van der Waals surface area contributed by atoms with Crippen LogP contribution in [-0.4, -0.2) is 44.8 Å². The van der Waals surface area contributed by atoms with Gasteiger partial charge in [-0.25, -0.2) is 4.68 Å². The van der Waals surface area contributed by atoms with Crippen LogP contribution in [-0.2, 0) is 4.79 Å². The van der Waals surface area contributed by atoms with E-state index in [0.717, 1.165) is 25.1 Å². The van der Waals surface area contributed by atoms with Crippen LogP contribution in [0.25, 0.3) is 5.69 Å². The second-order valence-electron chi connectivity index (χ2n) is 6.19. The first-order chi connectivity index (χ1) is 11.6. The van der Waals surface area contributed by atoms with Crippen molar-refractivity contribution in [3.8, 4) is 5.69 Å². The number of carbonyl (C=O) groups is 2. The molecule has 6 nitrogen and oxygen atoms in total. The third-order valence-electron chi connectivity index (χ3n) is 4.46. The normalized spacial score (nSPS) is 17.7. The van der Waals surface area contributed by atoms with E-state index in [2.05, 4.69) is 5.10 Å². The van der Waals surface area contributed by atoms with Gasteiger partial charge in [0.25, 0.3) is 5.91 Å². The van der Waals surface area contributed by atoms with Gasteiger partial charge in [-0.15, -0.1) is 0 Å². The minimum atomic E-state index is -0.771. The van der Waals surface area contributed by atoms with Crippen LogP contribution < -0.4 is 0 Å². The van der Waals surface area contributed by atoms with E-state index in [1.54, 1.807) is 10.9 Å². The maximum Gasteiger partial charge on any atom is 0.303 e. The first-order valence-electron chi connectivity index (χ1n) is 8.24. The second kappa shape index (κ2) is 7.29. The van der Waals surface area contributed by atoms with Crippen LogP contribution in [0.3, 0.4) is 0 Å². The fourth-order valence-electron chi connectivity index (χ4n) is 3.17. The molecule has 1 N–H and O–H groups in total. The van der Waals surface area contributed by atoms with E-state index in [9.17, 15) is 9.59 Å². The van der Waals surface area contributed by atoms with Crippen molar-refractivity contribution in [2.24, 2.45) is 5.92 Å². The molecule has 1 saturated heterocycles. The first kappa shape index (κ1) is 16.2. The maximum atomic E-state index is 12.7. The molecule has 0 saturated carbocycles. The number of nitrogens with zero attached hydrogens (tertiary/aromatic N) is 3. The highest BCUT2D eigenvalue weighted by atomic mass is 16.4. The van der Waals surface area contributed by atoms with Crippen molar-refractivity contribution < 1.29 is 14.7 Å². The number of benzene rings is 1. The number of carboxylic acids is 1. The number of piperidine rings is 1. The first-order valence-corrected chi connectivity index (χ1v) is 8.24. The monoisotopic (exact) mass is 327 g/mol. The highest BCUT2D eigenvalue weighted by Gasteiger charge is 2.24. The number of amides is 1. The SMILES string of the molecule is O=C(O)CCC1CCCN(C(=O)c2ccc(-n3cccn3)cc2)C1. The highest BCUT2D eigenvalue weighted by Crippen LogP contribution is 2.22.